The molecule has 0 amide bonds. The summed E-state index contributed by atoms with van der Waals surface area (Å²) in [4.78, 5) is 6.73. The fourth-order valence-corrected chi connectivity index (χ4v) is 4.55. The van der Waals surface area contributed by atoms with E-state index in [1.807, 2.05) is 6.92 Å². The Bertz CT molecular complexity index is 613. The molecular formula is C15H26IN3O2S2. The molecule has 0 unspecified atom stereocenters. The predicted octanol–water partition coefficient (Wildman–Crippen LogP) is 2.38. The number of sulfone groups is 1. The van der Waals surface area contributed by atoms with Crippen LogP contribution in [0.3, 0.4) is 0 Å². The number of nitrogens with zero attached hydrogens (tertiary/aromatic N) is 2. The van der Waals surface area contributed by atoms with Crippen LogP contribution in [0.1, 0.15) is 26.3 Å². The molecule has 0 aromatic carbocycles. The monoisotopic (exact) mass is 471 g/mol. The van der Waals surface area contributed by atoms with Crippen LogP contribution in [0.4, 0.5) is 0 Å². The molecule has 2 rings (SSSR count). The highest BCUT2D eigenvalue weighted by atomic mass is 127. The maximum atomic E-state index is 12.1. The second-order valence-corrected chi connectivity index (χ2v) is 9.64. The average Bonchev–Trinajstić information content (AvgIpc) is 2.94. The van der Waals surface area contributed by atoms with Crippen molar-refractivity contribution in [1.82, 2.24) is 10.2 Å². The Kier molecular flexibility index (Phi) is 7.79. The van der Waals surface area contributed by atoms with Crippen LogP contribution in [-0.4, -0.2) is 56.0 Å². The van der Waals surface area contributed by atoms with Crippen molar-refractivity contribution in [2.45, 2.75) is 31.9 Å². The lowest BCUT2D eigenvalue weighted by Crippen LogP contribution is -2.57. The van der Waals surface area contributed by atoms with Crippen LogP contribution in [0, 0.1) is 0 Å². The normalized spacial score (nSPS) is 20.0. The van der Waals surface area contributed by atoms with Gasteiger partial charge < -0.3 is 10.2 Å². The van der Waals surface area contributed by atoms with Crippen LogP contribution in [-0.2, 0) is 16.3 Å². The van der Waals surface area contributed by atoms with Crippen LogP contribution in [0.15, 0.2) is 21.8 Å². The van der Waals surface area contributed by atoms with Crippen molar-refractivity contribution < 1.29 is 8.42 Å². The Labute approximate surface area is 160 Å². The summed E-state index contributed by atoms with van der Waals surface area (Å²) in [5.74, 6) is 1.01. The minimum atomic E-state index is -3.02. The van der Waals surface area contributed by atoms with Crippen LogP contribution in [0.25, 0.3) is 0 Å². The smallest absolute Gasteiger partial charge is 0.194 e. The van der Waals surface area contributed by atoms with Gasteiger partial charge in [0, 0.05) is 26.2 Å². The molecule has 23 heavy (non-hydrogen) atoms. The molecule has 1 fully saturated rings. The zero-order valence-electron chi connectivity index (χ0n) is 13.9. The van der Waals surface area contributed by atoms with Crippen LogP contribution < -0.4 is 5.32 Å². The van der Waals surface area contributed by atoms with E-state index in [9.17, 15) is 8.42 Å². The van der Waals surface area contributed by atoms with Gasteiger partial charge >= 0.3 is 0 Å². The zero-order valence-corrected chi connectivity index (χ0v) is 17.9. The van der Waals surface area contributed by atoms with Gasteiger partial charge in [-0.15, -0.1) is 24.0 Å². The number of nitrogens with one attached hydrogen (secondary N) is 1. The molecule has 5 nitrogen and oxygen atoms in total. The first-order valence-electron chi connectivity index (χ1n) is 7.62. The van der Waals surface area contributed by atoms with Gasteiger partial charge in [0.05, 0.1) is 10.5 Å². The van der Waals surface area contributed by atoms with Gasteiger partial charge in [-0.25, -0.2) is 8.42 Å². The molecule has 1 aliphatic rings. The van der Waals surface area contributed by atoms with E-state index in [0.29, 0.717) is 19.6 Å². The van der Waals surface area contributed by atoms with Gasteiger partial charge in [0.2, 0.25) is 0 Å². The summed E-state index contributed by atoms with van der Waals surface area (Å²) in [7, 11) is -3.02. The second-order valence-electron chi connectivity index (χ2n) is 6.12. The van der Waals surface area contributed by atoms with Gasteiger partial charge in [-0.2, -0.15) is 11.3 Å². The number of hydrogen-bond acceptors (Lipinski definition) is 4. The van der Waals surface area contributed by atoms with Gasteiger partial charge in [-0.3, -0.25) is 4.99 Å². The first-order chi connectivity index (χ1) is 10.4. The van der Waals surface area contributed by atoms with Crippen molar-refractivity contribution in [1.29, 1.82) is 0 Å². The second kappa shape index (κ2) is 8.66. The van der Waals surface area contributed by atoms with Gasteiger partial charge in [0.1, 0.15) is 0 Å². The summed E-state index contributed by atoms with van der Waals surface area (Å²) in [6.45, 7) is 8.10. The summed E-state index contributed by atoms with van der Waals surface area (Å²) in [6, 6.07) is 2.11. The molecule has 8 heteroatoms. The number of aliphatic imine (C=N–C) groups is 1. The van der Waals surface area contributed by atoms with Gasteiger partial charge in [-0.05, 0) is 49.6 Å². The van der Waals surface area contributed by atoms with E-state index < -0.39 is 14.6 Å². The molecule has 0 spiro atoms. The summed E-state index contributed by atoms with van der Waals surface area (Å²) >= 11 is 1.70. The number of thiophene rings is 1. The number of halogens is 1. The first-order valence-corrected chi connectivity index (χ1v) is 10.2. The van der Waals surface area contributed by atoms with E-state index in [1.165, 1.54) is 5.56 Å². The largest absolute Gasteiger partial charge is 0.357 e. The molecule has 1 N–H and O–H groups in total. The highest BCUT2D eigenvalue weighted by Crippen LogP contribution is 2.23. The minimum Gasteiger partial charge on any atom is -0.357 e. The van der Waals surface area contributed by atoms with Crippen LogP contribution in [0.5, 0.6) is 0 Å². The van der Waals surface area contributed by atoms with Crippen molar-refractivity contribution in [3.05, 3.63) is 22.4 Å². The highest BCUT2D eigenvalue weighted by Gasteiger charge is 2.40. The number of hydrogen-bond donors (Lipinski definition) is 1. The minimum absolute atomic E-state index is 0. The van der Waals surface area contributed by atoms with E-state index in [-0.39, 0.29) is 29.7 Å². The molecule has 132 valence electrons. The van der Waals surface area contributed by atoms with Crippen molar-refractivity contribution in [2.75, 3.05) is 31.9 Å². The summed E-state index contributed by atoms with van der Waals surface area (Å²) in [6.07, 6.45) is 0.911. The average molecular weight is 471 g/mol. The molecule has 1 aromatic rings. The molecule has 0 saturated carbocycles. The third-order valence-electron chi connectivity index (χ3n) is 3.92. The Balaban J connectivity index is 0.00000264. The summed E-state index contributed by atoms with van der Waals surface area (Å²) < 4.78 is 23.5. The van der Waals surface area contributed by atoms with Crippen molar-refractivity contribution in [3.63, 3.8) is 0 Å². The standard InChI is InChI=1S/C15H25N3O2S2.HI/c1-4-16-14(17-7-5-13-6-9-21-11-13)18-8-10-22(19,20)15(2,3)12-18;/h6,9,11H,4-5,7-8,10,12H2,1-3H3,(H,16,17);1H. The molecule has 1 saturated heterocycles. The van der Waals surface area contributed by atoms with Gasteiger partial charge in [0.25, 0.3) is 0 Å². The van der Waals surface area contributed by atoms with E-state index in [4.69, 9.17) is 0 Å². The van der Waals surface area contributed by atoms with E-state index in [2.05, 4.69) is 32.0 Å². The molecule has 0 radical (unpaired) electrons. The molecule has 1 aromatic heterocycles. The third kappa shape index (κ3) is 5.32. The molecule has 0 aliphatic carbocycles. The highest BCUT2D eigenvalue weighted by molar-refractivity contribution is 14.0. The first kappa shape index (κ1) is 20.7. The Morgan fingerprint density at radius 1 is 1.48 bits per heavy atom. The van der Waals surface area contributed by atoms with Gasteiger partial charge in [0.15, 0.2) is 15.8 Å². The SMILES string of the molecule is CCNC(=NCCc1ccsc1)N1CCS(=O)(=O)C(C)(C)C1.I. The fourth-order valence-electron chi connectivity index (χ4n) is 2.48. The maximum absolute atomic E-state index is 12.1. The van der Waals surface area contributed by atoms with Crippen molar-refractivity contribution in [2.24, 2.45) is 4.99 Å². The van der Waals surface area contributed by atoms with Gasteiger partial charge in [-0.1, -0.05) is 0 Å². The predicted molar refractivity (Wildman–Crippen MR) is 109 cm³/mol. The van der Waals surface area contributed by atoms with E-state index in [1.54, 1.807) is 25.2 Å². The topological polar surface area (TPSA) is 61.8 Å². The van der Waals surface area contributed by atoms with Crippen molar-refractivity contribution in [3.8, 4) is 0 Å². The molecule has 0 bridgehead atoms. The summed E-state index contributed by atoms with van der Waals surface area (Å²) in [5.41, 5.74) is 1.30. The number of rotatable bonds is 4. The fraction of sp³-hybridized carbons (Fsp3) is 0.667. The van der Waals surface area contributed by atoms with E-state index in [0.717, 1.165) is 18.9 Å². The third-order valence-corrected chi connectivity index (χ3v) is 7.19. The molecule has 1 aliphatic heterocycles. The van der Waals surface area contributed by atoms with Crippen LogP contribution in [0.2, 0.25) is 0 Å². The zero-order chi connectivity index (χ0) is 16.2. The lowest BCUT2D eigenvalue weighted by atomic mass is 10.2. The Hall–Kier alpha value is -0.350. The lowest BCUT2D eigenvalue weighted by molar-refractivity contribution is 0.353. The number of guanidine groups is 1. The van der Waals surface area contributed by atoms with Crippen molar-refractivity contribution >= 4 is 51.1 Å². The molecule has 0 atom stereocenters. The lowest BCUT2D eigenvalue weighted by Gasteiger charge is -2.39. The maximum Gasteiger partial charge on any atom is 0.194 e. The summed E-state index contributed by atoms with van der Waals surface area (Å²) in [5, 5.41) is 7.49. The Morgan fingerprint density at radius 2 is 2.22 bits per heavy atom. The van der Waals surface area contributed by atoms with E-state index >= 15 is 0 Å². The Morgan fingerprint density at radius 3 is 2.78 bits per heavy atom. The molecule has 2 heterocycles. The quantitative estimate of drug-likeness (QED) is 0.416. The van der Waals surface area contributed by atoms with Crippen LogP contribution >= 0.6 is 35.3 Å². The molecular weight excluding hydrogens is 445 g/mol.